The van der Waals surface area contributed by atoms with Gasteiger partial charge in [0.2, 0.25) is 0 Å². The van der Waals surface area contributed by atoms with E-state index in [1.807, 2.05) is 18.2 Å². The number of hydrogen-bond acceptors (Lipinski definition) is 3. The van der Waals surface area contributed by atoms with Crippen LogP contribution in [0.2, 0.25) is 0 Å². The van der Waals surface area contributed by atoms with E-state index in [0.29, 0.717) is 6.61 Å². The molecule has 4 rings (SSSR count). The molecule has 3 aromatic rings. The molecule has 0 saturated carbocycles. The lowest BCUT2D eigenvalue weighted by molar-refractivity contribution is 0.305. The van der Waals surface area contributed by atoms with Crippen molar-refractivity contribution in [3.05, 3.63) is 88.5 Å². The zero-order valence-corrected chi connectivity index (χ0v) is 17.2. The molecule has 3 nitrogen and oxygen atoms in total. The SMILES string of the molecule is COc1cc(/C=C2\CCc3cccc(OCc4ccc(C)cc4)c32)cc(OC)c1. The summed E-state index contributed by atoms with van der Waals surface area (Å²) >= 11 is 0. The summed E-state index contributed by atoms with van der Waals surface area (Å²) in [6, 6.07) is 20.8. The summed E-state index contributed by atoms with van der Waals surface area (Å²) in [5, 5.41) is 0. The molecule has 0 atom stereocenters. The molecule has 0 unspecified atom stereocenters. The third-order valence-electron chi connectivity index (χ3n) is 5.33. The molecule has 3 aromatic carbocycles. The van der Waals surface area contributed by atoms with Gasteiger partial charge in [0.05, 0.1) is 14.2 Å². The van der Waals surface area contributed by atoms with Crippen molar-refractivity contribution < 1.29 is 14.2 Å². The van der Waals surface area contributed by atoms with Crippen LogP contribution >= 0.6 is 0 Å². The van der Waals surface area contributed by atoms with Gasteiger partial charge in [-0.25, -0.2) is 0 Å². The highest BCUT2D eigenvalue weighted by atomic mass is 16.5. The van der Waals surface area contributed by atoms with Gasteiger partial charge in [-0.2, -0.15) is 0 Å². The average Bonchev–Trinajstić information content (AvgIpc) is 3.16. The molecule has 0 bridgehead atoms. The molecule has 0 fully saturated rings. The molecule has 0 aromatic heterocycles. The average molecular weight is 386 g/mol. The van der Waals surface area contributed by atoms with Crippen molar-refractivity contribution in [2.45, 2.75) is 26.4 Å². The molecule has 0 heterocycles. The van der Waals surface area contributed by atoms with Gasteiger partial charge in [0.15, 0.2) is 0 Å². The Morgan fingerprint density at radius 2 is 1.59 bits per heavy atom. The van der Waals surface area contributed by atoms with Gasteiger partial charge < -0.3 is 14.2 Å². The van der Waals surface area contributed by atoms with Crippen LogP contribution in [-0.4, -0.2) is 14.2 Å². The van der Waals surface area contributed by atoms with Crippen molar-refractivity contribution in [1.82, 2.24) is 0 Å². The van der Waals surface area contributed by atoms with Crippen LogP contribution < -0.4 is 14.2 Å². The molecule has 0 amide bonds. The third-order valence-corrected chi connectivity index (χ3v) is 5.33. The summed E-state index contributed by atoms with van der Waals surface area (Å²) in [4.78, 5) is 0. The molecule has 1 aliphatic carbocycles. The van der Waals surface area contributed by atoms with Crippen LogP contribution in [0.5, 0.6) is 17.2 Å². The Morgan fingerprint density at radius 1 is 0.862 bits per heavy atom. The van der Waals surface area contributed by atoms with E-state index in [-0.39, 0.29) is 0 Å². The van der Waals surface area contributed by atoms with Crippen molar-refractivity contribution in [1.29, 1.82) is 0 Å². The van der Waals surface area contributed by atoms with Gasteiger partial charge in [0, 0.05) is 11.6 Å². The Labute approximate surface area is 172 Å². The number of hydrogen-bond donors (Lipinski definition) is 0. The maximum absolute atomic E-state index is 6.24. The lowest BCUT2D eigenvalue weighted by Crippen LogP contribution is -1.98. The van der Waals surface area contributed by atoms with Crippen LogP contribution in [0.4, 0.5) is 0 Å². The second kappa shape index (κ2) is 8.44. The summed E-state index contributed by atoms with van der Waals surface area (Å²) in [6.45, 7) is 2.66. The highest BCUT2D eigenvalue weighted by molar-refractivity contribution is 5.88. The van der Waals surface area contributed by atoms with E-state index >= 15 is 0 Å². The second-order valence-electron chi connectivity index (χ2n) is 7.38. The predicted octanol–water partition coefficient (Wildman–Crippen LogP) is 6.08. The Bertz CT molecular complexity index is 1010. The van der Waals surface area contributed by atoms with E-state index < -0.39 is 0 Å². The van der Waals surface area contributed by atoms with E-state index in [0.717, 1.165) is 35.7 Å². The van der Waals surface area contributed by atoms with E-state index in [1.165, 1.54) is 27.8 Å². The van der Waals surface area contributed by atoms with Gasteiger partial charge in [-0.1, -0.05) is 48.0 Å². The first kappa shape index (κ1) is 19.1. The maximum atomic E-state index is 6.24. The first-order valence-electron chi connectivity index (χ1n) is 9.90. The van der Waals surface area contributed by atoms with Gasteiger partial charge in [0.25, 0.3) is 0 Å². The minimum Gasteiger partial charge on any atom is -0.497 e. The molecular formula is C26H26O3. The summed E-state index contributed by atoms with van der Waals surface area (Å²) in [7, 11) is 3.35. The molecule has 0 radical (unpaired) electrons. The van der Waals surface area contributed by atoms with Crippen molar-refractivity contribution in [3.63, 3.8) is 0 Å². The fourth-order valence-electron chi connectivity index (χ4n) is 3.77. The van der Waals surface area contributed by atoms with Crippen molar-refractivity contribution >= 4 is 11.6 Å². The van der Waals surface area contributed by atoms with E-state index in [2.05, 4.69) is 55.5 Å². The smallest absolute Gasteiger partial charge is 0.127 e. The second-order valence-corrected chi connectivity index (χ2v) is 7.38. The minimum absolute atomic E-state index is 0.566. The Morgan fingerprint density at radius 3 is 2.28 bits per heavy atom. The standard InChI is InChI=1S/C26H26O3/c1-18-7-9-19(10-8-18)17-29-25-6-4-5-21-11-12-22(26(21)25)13-20-14-23(27-2)16-24(15-20)28-3/h4-10,13-16H,11-12,17H2,1-3H3/b22-13+. The zero-order valence-electron chi connectivity index (χ0n) is 17.2. The summed E-state index contributed by atoms with van der Waals surface area (Å²) < 4.78 is 17.1. The monoisotopic (exact) mass is 386 g/mol. The van der Waals surface area contributed by atoms with E-state index in [9.17, 15) is 0 Å². The van der Waals surface area contributed by atoms with Gasteiger partial charge >= 0.3 is 0 Å². The molecular weight excluding hydrogens is 360 g/mol. The third kappa shape index (κ3) is 4.29. The molecule has 0 saturated heterocycles. The Balaban J connectivity index is 1.64. The van der Waals surface area contributed by atoms with Gasteiger partial charge in [-0.3, -0.25) is 0 Å². The number of benzene rings is 3. The largest absolute Gasteiger partial charge is 0.497 e. The topological polar surface area (TPSA) is 27.7 Å². The Hall–Kier alpha value is -3.20. The van der Waals surface area contributed by atoms with Crippen LogP contribution in [0, 0.1) is 6.92 Å². The lowest BCUT2D eigenvalue weighted by Gasteiger charge is -2.13. The molecule has 3 heteroatoms. The maximum Gasteiger partial charge on any atom is 0.127 e. The molecule has 0 N–H and O–H groups in total. The lowest BCUT2D eigenvalue weighted by atomic mass is 10.0. The first-order chi connectivity index (χ1) is 14.2. The molecule has 1 aliphatic rings. The van der Waals surface area contributed by atoms with Gasteiger partial charge in [0.1, 0.15) is 23.9 Å². The van der Waals surface area contributed by atoms with Crippen molar-refractivity contribution in [2.24, 2.45) is 0 Å². The van der Waals surface area contributed by atoms with Gasteiger partial charge in [-0.05, 0) is 60.2 Å². The zero-order chi connectivity index (χ0) is 20.2. The number of rotatable bonds is 6. The van der Waals surface area contributed by atoms with E-state index in [4.69, 9.17) is 14.2 Å². The van der Waals surface area contributed by atoms with Gasteiger partial charge in [-0.15, -0.1) is 0 Å². The molecule has 0 spiro atoms. The van der Waals surface area contributed by atoms with Crippen LogP contribution in [0.15, 0.2) is 60.7 Å². The number of fused-ring (bicyclic) bond motifs is 1. The highest BCUT2D eigenvalue weighted by Crippen LogP contribution is 2.40. The van der Waals surface area contributed by atoms with E-state index in [1.54, 1.807) is 14.2 Å². The molecule has 148 valence electrons. The molecule has 0 aliphatic heterocycles. The fourth-order valence-corrected chi connectivity index (χ4v) is 3.77. The normalized spacial score (nSPS) is 14.0. The summed E-state index contributed by atoms with van der Waals surface area (Å²) in [5.41, 5.74) is 7.35. The minimum atomic E-state index is 0.566. The highest BCUT2D eigenvalue weighted by Gasteiger charge is 2.21. The van der Waals surface area contributed by atoms with Crippen LogP contribution in [-0.2, 0) is 13.0 Å². The summed E-state index contributed by atoms with van der Waals surface area (Å²) in [5.74, 6) is 2.53. The van der Waals surface area contributed by atoms with Crippen LogP contribution in [0.25, 0.3) is 11.6 Å². The number of aryl methyl sites for hydroxylation is 2. The predicted molar refractivity (Wildman–Crippen MR) is 118 cm³/mol. The van der Waals surface area contributed by atoms with Crippen LogP contribution in [0.3, 0.4) is 0 Å². The van der Waals surface area contributed by atoms with Crippen molar-refractivity contribution in [2.75, 3.05) is 14.2 Å². The van der Waals surface area contributed by atoms with Crippen LogP contribution in [0.1, 0.15) is 34.2 Å². The number of methoxy groups -OCH3 is 2. The quantitative estimate of drug-likeness (QED) is 0.514. The number of allylic oxidation sites excluding steroid dienone is 1. The molecule has 29 heavy (non-hydrogen) atoms. The summed E-state index contributed by atoms with van der Waals surface area (Å²) in [6.07, 6.45) is 4.25. The first-order valence-corrected chi connectivity index (χ1v) is 9.90. The van der Waals surface area contributed by atoms with Crippen molar-refractivity contribution in [3.8, 4) is 17.2 Å². The Kier molecular flexibility index (Phi) is 5.57. The fraction of sp³-hybridized carbons (Fsp3) is 0.231. The number of ether oxygens (including phenoxy) is 3.